The van der Waals surface area contributed by atoms with Gasteiger partial charge in [-0.25, -0.2) is 18.5 Å². The van der Waals surface area contributed by atoms with Crippen LogP contribution in [0.15, 0.2) is 28.3 Å². The van der Waals surface area contributed by atoms with Gasteiger partial charge in [0, 0.05) is 12.6 Å². The maximum absolute atomic E-state index is 12.4. The van der Waals surface area contributed by atoms with E-state index in [0.717, 1.165) is 55.2 Å². The van der Waals surface area contributed by atoms with Gasteiger partial charge in [-0.3, -0.25) is 4.79 Å². The number of primary sulfonamides is 1. The van der Waals surface area contributed by atoms with Crippen LogP contribution < -0.4 is 10.5 Å². The van der Waals surface area contributed by atoms with E-state index in [4.69, 9.17) is 5.14 Å². The summed E-state index contributed by atoms with van der Waals surface area (Å²) in [6.45, 7) is 5.07. The zero-order valence-corrected chi connectivity index (χ0v) is 18.0. The number of hydrogen-bond acceptors (Lipinski definition) is 5. The highest BCUT2D eigenvalue weighted by molar-refractivity contribution is 7.99. The number of carbonyl (C=O) groups is 1. The number of nitrogens with one attached hydrogen (secondary N) is 1. The molecule has 9 heteroatoms. The third-order valence-electron chi connectivity index (χ3n) is 5.17. The first-order valence-corrected chi connectivity index (χ1v) is 12.3. The Labute approximate surface area is 170 Å². The van der Waals surface area contributed by atoms with Gasteiger partial charge < -0.3 is 9.88 Å². The highest BCUT2D eigenvalue weighted by Crippen LogP contribution is 2.27. The van der Waals surface area contributed by atoms with Crippen LogP contribution in [0.4, 0.5) is 0 Å². The van der Waals surface area contributed by atoms with E-state index < -0.39 is 10.0 Å². The monoisotopic (exact) mass is 424 g/mol. The minimum absolute atomic E-state index is 0.0184. The SMILES string of the molecule is CCCn1c(SCC(=O)NC2CCC(C)CC2)nc2cc(S(N)(=O)=O)ccc21. The lowest BCUT2D eigenvalue weighted by Gasteiger charge is -2.26. The number of sulfonamides is 1. The molecule has 28 heavy (non-hydrogen) atoms. The van der Waals surface area contributed by atoms with E-state index in [0.29, 0.717) is 11.3 Å². The van der Waals surface area contributed by atoms with Crippen molar-refractivity contribution in [2.45, 2.75) is 68.6 Å². The highest BCUT2D eigenvalue weighted by Gasteiger charge is 2.20. The van der Waals surface area contributed by atoms with Crippen LogP contribution in [0.2, 0.25) is 0 Å². The van der Waals surface area contributed by atoms with Crippen LogP contribution in [-0.2, 0) is 21.4 Å². The summed E-state index contributed by atoms with van der Waals surface area (Å²) in [5, 5.41) is 9.08. The molecule has 1 aromatic carbocycles. The van der Waals surface area contributed by atoms with Crippen LogP contribution in [0.1, 0.15) is 46.0 Å². The van der Waals surface area contributed by atoms with Gasteiger partial charge >= 0.3 is 0 Å². The third-order valence-corrected chi connectivity index (χ3v) is 7.06. The predicted molar refractivity (Wildman–Crippen MR) is 112 cm³/mol. The lowest BCUT2D eigenvalue weighted by Crippen LogP contribution is -2.38. The molecule has 1 heterocycles. The van der Waals surface area contributed by atoms with Crippen molar-refractivity contribution in [1.29, 1.82) is 0 Å². The van der Waals surface area contributed by atoms with Gasteiger partial charge in [0.25, 0.3) is 0 Å². The minimum Gasteiger partial charge on any atom is -0.353 e. The first kappa shape index (κ1) is 21.1. The normalized spacial score (nSPS) is 20.4. The molecule has 3 N–H and O–H groups in total. The molecule has 1 amide bonds. The van der Waals surface area contributed by atoms with Gasteiger partial charge in [-0.1, -0.05) is 25.6 Å². The van der Waals surface area contributed by atoms with Crippen molar-refractivity contribution in [3.05, 3.63) is 18.2 Å². The standard InChI is InChI=1S/C19H28N4O3S2/c1-3-10-23-17-9-8-15(28(20,25)26)11-16(17)22-19(23)27-12-18(24)21-14-6-4-13(2)5-7-14/h8-9,11,13-14H,3-7,10,12H2,1-2H3,(H,21,24)(H2,20,25,26). The topological polar surface area (TPSA) is 107 Å². The molecular weight excluding hydrogens is 396 g/mol. The number of fused-ring (bicyclic) bond motifs is 1. The zero-order chi connectivity index (χ0) is 20.3. The summed E-state index contributed by atoms with van der Waals surface area (Å²) < 4.78 is 25.2. The van der Waals surface area contributed by atoms with E-state index in [1.54, 1.807) is 6.07 Å². The lowest BCUT2D eigenvalue weighted by molar-refractivity contribution is -0.119. The molecule has 2 aromatic rings. The number of aromatic nitrogens is 2. The summed E-state index contributed by atoms with van der Waals surface area (Å²) in [5.74, 6) is 1.06. The Bertz CT molecular complexity index is 947. The molecule has 0 aliphatic heterocycles. The summed E-state index contributed by atoms with van der Waals surface area (Å²) in [4.78, 5) is 17.0. The van der Waals surface area contributed by atoms with Crippen molar-refractivity contribution < 1.29 is 13.2 Å². The fraction of sp³-hybridized carbons (Fsp3) is 0.579. The van der Waals surface area contributed by atoms with Crippen LogP contribution in [0.25, 0.3) is 11.0 Å². The van der Waals surface area contributed by atoms with Gasteiger partial charge in [0.2, 0.25) is 15.9 Å². The highest BCUT2D eigenvalue weighted by atomic mass is 32.2. The van der Waals surface area contributed by atoms with E-state index >= 15 is 0 Å². The van der Waals surface area contributed by atoms with Crippen molar-refractivity contribution in [3.8, 4) is 0 Å². The summed E-state index contributed by atoms with van der Waals surface area (Å²) >= 11 is 1.38. The Hall–Kier alpha value is -1.58. The molecule has 7 nitrogen and oxygen atoms in total. The fourth-order valence-electron chi connectivity index (χ4n) is 3.62. The summed E-state index contributed by atoms with van der Waals surface area (Å²) in [5.41, 5.74) is 1.42. The number of rotatable bonds is 7. The maximum Gasteiger partial charge on any atom is 0.238 e. The second-order valence-electron chi connectivity index (χ2n) is 7.55. The van der Waals surface area contributed by atoms with Crippen LogP contribution in [0.5, 0.6) is 0 Å². The number of benzene rings is 1. The number of carbonyl (C=O) groups excluding carboxylic acids is 1. The van der Waals surface area contributed by atoms with Crippen LogP contribution >= 0.6 is 11.8 Å². The first-order valence-electron chi connectivity index (χ1n) is 9.73. The molecule has 1 aromatic heterocycles. The summed E-state index contributed by atoms with van der Waals surface area (Å²) in [6, 6.07) is 4.99. The van der Waals surface area contributed by atoms with Gasteiger partial charge in [0.15, 0.2) is 5.16 Å². The second-order valence-corrected chi connectivity index (χ2v) is 10.1. The molecule has 0 spiro atoms. The van der Waals surface area contributed by atoms with Gasteiger partial charge in [0.05, 0.1) is 21.7 Å². The number of thioether (sulfide) groups is 1. The molecule has 1 saturated carbocycles. The molecule has 0 saturated heterocycles. The molecule has 0 bridgehead atoms. The molecule has 0 unspecified atom stereocenters. The second kappa shape index (κ2) is 8.84. The van der Waals surface area contributed by atoms with Gasteiger partial charge in [-0.15, -0.1) is 0 Å². The number of aryl methyl sites for hydroxylation is 1. The Morgan fingerprint density at radius 2 is 2.04 bits per heavy atom. The van der Waals surface area contributed by atoms with E-state index in [1.807, 2.05) is 4.57 Å². The Morgan fingerprint density at radius 3 is 2.68 bits per heavy atom. The molecule has 1 aliphatic carbocycles. The van der Waals surface area contributed by atoms with Crippen molar-refractivity contribution in [3.63, 3.8) is 0 Å². The molecule has 0 atom stereocenters. The largest absolute Gasteiger partial charge is 0.353 e. The molecular formula is C19H28N4O3S2. The number of nitrogens with zero attached hydrogens (tertiary/aromatic N) is 2. The van der Waals surface area contributed by atoms with Gasteiger partial charge in [0.1, 0.15) is 0 Å². The number of nitrogens with two attached hydrogens (primary N) is 1. The average Bonchev–Trinajstić information content (AvgIpc) is 2.98. The summed E-state index contributed by atoms with van der Waals surface area (Å²) in [7, 11) is -3.78. The Balaban J connectivity index is 1.72. The first-order chi connectivity index (χ1) is 13.3. The smallest absolute Gasteiger partial charge is 0.238 e. The molecule has 1 fully saturated rings. The summed E-state index contributed by atoms with van der Waals surface area (Å²) in [6.07, 6.45) is 5.32. The third kappa shape index (κ3) is 5.07. The number of amides is 1. The van der Waals surface area contributed by atoms with E-state index in [1.165, 1.54) is 23.9 Å². The number of hydrogen-bond donors (Lipinski definition) is 2. The maximum atomic E-state index is 12.4. The molecule has 0 radical (unpaired) electrons. The van der Waals surface area contributed by atoms with Crippen molar-refractivity contribution in [1.82, 2.24) is 14.9 Å². The van der Waals surface area contributed by atoms with E-state index in [2.05, 4.69) is 24.1 Å². The molecule has 1 aliphatic rings. The lowest BCUT2D eigenvalue weighted by atomic mass is 9.87. The van der Waals surface area contributed by atoms with Crippen molar-refractivity contribution >= 4 is 38.7 Å². The van der Waals surface area contributed by atoms with Crippen LogP contribution in [0, 0.1) is 5.92 Å². The van der Waals surface area contributed by atoms with Crippen molar-refractivity contribution in [2.75, 3.05) is 5.75 Å². The van der Waals surface area contributed by atoms with E-state index in [-0.39, 0.29) is 16.8 Å². The van der Waals surface area contributed by atoms with Crippen molar-refractivity contribution in [2.24, 2.45) is 11.1 Å². The van der Waals surface area contributed by atoms with Gasteiger partial charge in [-0.05, 0) is 56.2 Å². The zero-order valence-electron chi connectivity index (χ0n) is 16.3. The van der Waals surface area contributed by atoms with Crippen LogP contribution in [-0.4, -0.2) is 35.7 Å². The molecule has 3 rings (SSSR count). The van der Waals surface area contributed by atoms with Gasteiger partial charge in [-0.2, -0.15) is 0 Å². The predicted octanol–water partition coefficient (Wildman–Crippen LogP) is 2.88. The average molecular weight is 425 g/mol. The van der Waals surface area contributed by atoms with E-state index in [9.17, 15) is 13.2 Å². The minimum atomic E-state index is -3.78. The Kier molecular flexibility index (Phi) is 6.67. The molecule has 154 valence electrons. The van der Waals surface area contributed by atoms with Crippen LogP contribution in [0.3, 0.4) is 0 Å². The quantitative estimate of drug-likeness (QED) is 0.665. The Morgan fingerprint density at radius 1 is 1.32 bits per heavy atom. The fourth-order valence-corrected chi connectivity index (χ4v) is 5.00. The number of imidazole rings is 1.